The summed E-state index contributed by atoms with van der Waals surface area (Å²) in [5, 5.41) is 0. The Morgan fingerprint density at radius 2 is 1.19 bits per heavy atom. The van der Waals surface area contributed by atoms with Gasteiger partial charge in [0.15, 0.2) is 11.6 Å². The van der Waals surface area contributed by atoms with Crippen molar-refractivity contribution in [1.29, 1.82) is 0 Å². The number of ether oxygens (including phenoxy) is 1. The SMILES string of the molecule is C=CC1CCC(C2CCC(C3CCC(OCc4ccc(CC)c(F)c4F)CC3)CC2)CC1. The van der Waals surface area contributed by atoms with Crippen molar-refractivity contribution in [2.45, 2.75) is 103 Å². The van der Waals surface area contributed by atoms with Crippen molar-refractivity contribution in [3.05, 3.63) is 47.5 Å². The first-order chi connectivity index (χ1) is 15.6. The molecule has 0 amide bonds. The second-order valence-corrected chi connectivity index (χ2v) is 10.8. The van der Waals surface area contributed by atoms with Crippen LogP contribution in [0.1, 0.15) is 95.1 Å². The van der Waals surface area contributed by atoms with Crippen molar-refractivity contribution >= 4 is 0 Å². The van der Waals surface area contributed by atoms with E-state index in [1.165, 1.54) is 64.2 Å². The highest BCUT2D eigenvalue weighted by Crippen LogP contribution is 2.45. The van der Waals surface area contributed by atoms with E-state index in [0.29, 0.717) is 17.5 Å². The zero-order valence-corrected chi connectivity index (χ0v) is 20.0. The topological polar surface area (TPSA) is 9.23 Å². The van der Waals surface area contributed by atoms with E-state index in [2.05, 4.69) is 12.7 Å². The Morgan fingerprint density at radius 1 is 0.750 bits per heavy atom. The quantitative estimate of drug-likeness (QED) is 0.384. The van der Waals surface area contributed by atoms with Crippen LogP contribution in [0.2, 0.25) is 0 Å². The first kappa shape index (κ1) is 23.9. The lowest BCUT2D eigenvalue weighted by molar-refractivity contribution is -0.00516. The lowest BCUT2D eigenvalue weighted by Gasteiger charge is -2.41. The first-order valence-electron chi connectivity index (χ1n) is 13.3. The Bertz CT molecular complexity index is 736. The van der Waals surface area contributed by atoms with Gasteiger partial charge < -0.3 is 4.74 Å². The zero-order valence-electron chi connectivity index (χ0n) is 20.0. The summed E-state index contributed by atoms with van der Waals surface area (Å²) in [6.07, 6.45) is 18.7. The molecular weight excluding hydrogens is 402 g/mol. The van der Waals surface area contributed by atoms with E-state index in [1.807, 2.05) is 6.92 Å². The highest BCUT2D eigenvalue weighted by molar-refractivity contribution is 5.26. The van der Waals surface area contributed by atoms with Crippen molar-refractivity contribution in [3.8, 4) is 0 Å². The van der Waals surface area contributed by atoms with Gasteiger partial charge >= 0.3 is 0 Å². The van der Waals surface area contributed by atoms with Gasteiger partial charge in [-0.1, -0.05) is 25.1 Å². The highest BCUT2D eigenvalue weighted by atomic mass is 19.2. The molecule has 1 aromatic rings. The van der Waals surface area contributed by atoms with Crippen molar-refractivity contribution < 1.29 is 13.5 Å². The molecule has 0 bridgehead atoms. The molecule has 0 atom stereocenters. The van der Waals surface area contributed by atoms with Gasteiger partial charge in [0.05, 0.1) is 12.7 Å². The summed E-state index contributed by atoms with van der Waals surface area (Å²) in [7, 11) is 0. The molecule has 4 rings (SSSR count). The second-order valence-electron chi connectivity index (χ2n) is 10.8. The smallest absolute Gasteiger partial charge is 0.164 e. The van der Waals surface area contributed by atoms with Gasteiger partial charge in [0.25, 0.3) is 0 Å². The third kappa shape index (κ3) is 5.64. The summed E-state index contributed by atoms with van der Waals surface area (Å²) < 4.78 is 34.3. The predicted molar refractivity (Wildman–Crippen MR) is 127 cm³/mol. The van der Waals surface area contributed by atoms with Crippen LogP contribution in [0.3, 0.4) is 0 Å². The molecule has 3 aliphatic rings. The fourth-order valence-electron chi connectivity index (χ4n) is 6.89. The molecule has 3 heteroatoms. The van der Waals surface area contributed by atoms with Gasteiger partial charge in [-0.25, -0.2) is 8.78 Å². The van der Waals surface area contributed by atoms with E-state index >= 15 is 0 Å². The van der Waals surface area contributed by atoms with Gasteiger partial charge in [0.2, 0.25) is 0 Å². The molecule has 0 N–H and O–H groups in total. The van der Waals surface area contributed by atoms with Gasteiger partial charge in [-0.05, 0) is 119 Å². The van der Waals surface area contributed by atoms with Crippen LogP contribution in [0.15, 0.2) is 24.8 Å². The molecule has 178 valence electrons. The molecule has 3 aliphatic carbocycles. The number of rotatable bonds is 7. The number of halogens is 2. The Morgan fingerprint density at radius 3 is 1.69 bits per heavy atom. The molecule has 0 unspecified atom stereocenters. The third-order valence-electron chi connectivity index (χ3n) is 9.12. The van der Waals surface area contributed by atoms with Crippen LogP contribution in [0.5, 0.6) is 0 Å². The van der Waals surface area contributed by atoms with Crippen LogP contribution in [0.25, 0.3) is 0 Å². The summed E-state index contributed by atoms with van der Waals surface area (Å²) in [6, 6.07) is 3.38. The number of allylic oxidation sites excluding steroid dienone is 1. The van der Waals surface area contributed by atoms with Gasteiger partial charge in [-0.15, -0.1) is 6.58 Å². The maximum Gasteiger partial charge on any atom is 0.164 e. The Balaban J connectivity index is 1.17. The molecule has 3 fully saturated rings. The molecule has 0 heterocycles. The zero-order chi connectivity index (χ0) is 22.5. The van der Waals surface area contributed by atoms with Crippen LogP contribution in [0, 0.1) is 41.2 Å². The lowest BCUT2D eigenvalue weighted by atomic mass is 9.65. The number of hydrogen-bond acceptors (Lipinski definition) is 1. The van der Waals surface area contributed by atoms with E-state index in [1.54, 1.807) is 12.1 Å². The first-order valence-corrected chi connectivity index (χ1v) is 13.3. The van der Waals surface area contributed by atoms with E-state index in [-0.39, 0.29) is 12.7 Å². The van der Waals surface area contributed by atoms with Gasteiger partial charge in [-0.3, -0.25) is 0 Å². The molecule has 0 spiro atoms. The van der Waals surface area contributed by atoms with Crippen LogP contribution >= 0.6 is 0 Å². The van der Waals surface area contributed by atoms with Crippen LogP contribution in [0.4, 0.5) is 8.78 Å². The number of aryl methyl sites for hydroxylation is 1. The molecule has 0 saturated heterocycles. The third-order valence-corrected chi connectivity index (χ3v) is 9.12. The summed E-state index contributed by atoms with van der Waals surface area (Å²) >= 11 is 0. The molecule has 0 radical (unpaired) electrons. The largest absolute Gasteiger partial charge is 0.373 e. The molecule has 0 aliphatic heterocycles. The standard InChI is InChI=1S/C29H42F2O/c1-3-20-5-7-22(8-6-20)23-10-12-24(13-11-23)25-15-17-27(18-16-25)32-19-26-14-9-21(4-2)28(30)29(26)31/h3,9,14,20,22-25,27H,1,4-8,10-13,15-19H2,2H3. The van der Waals surface area contributed by atoms with Crippen molar-refractivity contribution in [3.63, 3.8) is 0 Å². The van der Waals surface area contributed by atoms with E-state index < -0.39 is 11.6 Å². The van der Waals surface area contributed by atoms with Gasteiger partial charge in [0, 0.05) is 5.56 Å². The Labute approximate surface area is 194 Å². The average molecular weight is 445 g/mol. The predicted octanol–water partition coefficient (Wildman–Crippen LogP) is 8.40. The fourth-order valence-corrected chi connectivity index (χ4v) is 6.89. The van der Waals surface area contributed by atoms with E-state index in [4.69, 9.17) is 4.74 Å². The van der Waals surface area contributed by atoms with Gasteiger partial charge in [0.1, 0.15) is 0 Å². The molecule has 32 heavy (non-hydrogen) atoms. The second kappa shape index (κ2) is 11.3. The maximum absolute atomic E-state index is 14.3. The monoisotopic (exact) mass is 444 g/mol. The normalized spacial score (nSPS) is 33.7. The summed E-state index contributed by atoms with van der Waals surface area (Å²) in [5.41, 5.74) is 0.785. The van der Waals surface area contributed by atoms with Crippen LogP contribution in [-0.2, 0) is 17.8 Å². The average Bonchev–Trinajstić information content (AvgIpc) is 2.85. The highest BCUT2D eigenvalue weighted by Gasteiger charge is 2.34. The number of hydrogen-bond donors (Lipinski definition) is 0. The van der Waals surface area contributed by atoms with E-state index in [9.17, 15) is 8.78 Å². The van der Waals surface area contributed by atoms with E-state index in [0.717, 1.165) is 42.4 Å². The summed E-state index contributed by atoms with van der Waals surface area (Å²) in [4.78, 5) is 0. The molecular formula is C29H42F2O. The minimum absolute atomic E-state index is 0.182. The lowest BCUT2D eigenvalue weighted by Crippen LogP contribution is -2.31. The summed E-state index contributed by atoms with van der Waals surface area (Å²) in [5.74, 6) is 3.00. The minimum atomic E-state index is -0.729. The Hall–Kier alpha value is -1.22. The number of benzene rings is 1. The fraction of sp³-hybridized carbons (Fsp3) is 0.724. The van der Waals surface area contributed by atoms with Gasteiger partial charge in [-0.2, -0.15) is 0 Å². The summed E-state index contributed by atoms with van der Waals surface area (Å²) in [6.45, 7) is 6.01. The molecule has 1 nitrogen and oxygen atoms in total. The van der Waals surface area contributed by atoms with Crippen molar-refractivity contribution in [2.24, 2.45) is 29.6 Å². The molecule has 0 aromatic heterocycles. The van der Waals surface area contributed by atoms with Crippen LogP contribution in [-0.4, -0.2) is 6.10 Å². The van der Waals surface area contributed by atoms with Crippen molar-refractivity contribution in [1.82, 2.24) is 0 Å². The maximum atomic E-state index is 14.3. The molecule has 1 aromatic carbocycles. The van der Waals surface area contributed by atoms with Crippen molar-refractivity contribution in [2.75, 3.05) is 0 Å². The molecule has 3 saturated carbocycles. The minimum Gasteiger partial charge on any atom is -0.373 e. The Kier molecular flexibility index (Phi) is 8.43. The van der Waals surface area contributed by atoms with Crippen LogP contribution < -0.4 is 0 Å².